The highest BCUT2D eigenvalue weighted by molar-refractivity contribution is 9.10. The van der Waals surface area contributed by atoms with Crippen LogP contribution in [0.4, 0.5) is 17.6 Å². The van der Waals surface area contributed by atoms with Crippen molar-refractivity contribution in [2.24, 2.45) is 0 Å². The lowest BCUT2D eigenvalue weighted by Crippen LogP contribution is -2.17. The highest BCUT2D eigenvalue weighted by atomic mass is 79.9. The van der Waals surface area contributed by atoms with E-state index in [2.05, 4.69) is 15.9 Å². The van der Waals surface area contributed by atoms with Crippen molar-refractivity contribution in [2.45, 2.75) is 6.18 Å². The van der Waals surface area contributed by atoms with E-state index in [1.165, 1.54) is 6.07 Å². The Hall–Kier alpha value is -2.24. The Balaban J connectivity index is 0.000000289. The summed E-state index contributed by atoms with van der Waals surface area (Å²) in [7, 11) is -4.26. The van der Waals surface area contributed by atoms with E-state index in [0.717, 1.165) is 42.5 Å². The predicted octanol–water partition coefficient (Wildman–Crippen LogP) is 3.84. The van der Waals surface area contributed by atoms with E-state index in [1.54, 1.807) is 0 Å². The number of rotatable bonds is 3. The van der Waals surface area contributed by atoms with Crippen molar-refractivity contribution in [2.75, 3.05) is 0 Å². The highest BCUT2D eigenvalue weighted by Crippen LogP contribution is 2.29. The van der Waals surface area contributed by atoms with Gasteiger partial charge >= 0.3 is 6.18 Å². The number of hydrogen-bond acceptors (Lipinski definition) is 4. The van der Waals surface area contributed by atoms with E-state index in [-0.39, 0.29) is 11.1 Å². The molecule has 0 bridgehead atoms. The Bertz CT molecular complexity index is 942. The summed E-state index contributed by atoms with van der Waals surface area (Å²) in [5.41, 5.74) is -0.409. The van der Waals surface area contributed by atoms with Crippen molar-refractivity contribution >= 4 is 38.0 Å². The van der Waals surface area contributed by atoms with Crippen LogP contribution in [0.15, 0.2) is 52.3 Å². The standard InChI is InChI=1S/C9H7F3O3S.C7H5BrFNO/c10-9(11,12)8-3-1-7(2-4-8)5-6-16(13,14)15;8-6-3-4(9)1-2-5(6)7(10)11/h1-6H,(H,13,14,15);1-3H,(H2,10,11)/p-1/b6-5+;. The minimum absolute atomic E-state index is 0.173. The Kier molecular flexibility index (Phi) is 7.69. The van der Waals surface area contributed by atoms with Gasteiger partial charge in [0.05, 0.1) is 11.0 Å². The minimum Gasteiger partial charge on any atom is -0.859 e. The SMILES string of the molecule is N=C([O-])c1ccc(F)cc1Br.O=S(=O)(O)/C=C/c1ccc(C(F)(F)F)cc1. The maximum absolute atomic E-state index is 12.4. The van der Waals surface area contributed by atoms with Crippen LogP contribution in [0, 0.1) is 11.2 Å². The molecule has 0 unspecified atom stereocenters. The van der Waals surface area contributed by atoms with Crippen molar-refractivity contribution in [3.05, 3.63) is 74.9 Å². The lowest BCUT2D eigenvalue weighted by molar-refractivity contribution is -0.214. The second-order valence-electron chi connectivity index (χ2n) is 4.89. The molecule has 0 heterocycles. The molecule has 0 aliphatic heterocycles. The van der Waals surface area contributed by atoms with Crippen molar-refractivity contribution < 1.29 is 35.6 Å². The third kappa shape index (κ3) is 8.33. The monoisotopic (exact) mass is 468 g/mol. The molecule has 11 heteroatoms. The van der Waals surface area contributed by atoms with Crippen LogP contribution in [0.1, 0.15) is 16.7 Å². The van der Waals surface area contributed by atoms with Gasteiger partial charge in [0.25, 0.3) is 10.1 Å². The van der Waals surface area contributed by atoms with Crippen LogP contribution in [-0.4, -0.2) is 18.9 Å². The zero-order chi connectivity index (χ0) is 20.8. The third-order valence-electron chi connectivity index (χ3n) is 2.85. The number of hydrogen-bond donors (Lipinski definition) is 2. The molecule has 0 fully saturated rings. The molecule has 146 valence electrons. The first-order valence-electron chi connectivity index (χ1n) is 6.83. The quantitative estimate of drug-likeness (QED) is 0.309. The van der Waals surface area contributed by atoms with Crippen molar-refractivity contribution in [3.8, 4) is 0 Å². The number of benzene rings is 2. The first-order chi connectivity index (χ1) is 12.3. The zero-order valence-electron chi connectivity index (χ0n) is 13.2. The Morgan fingerprint density at radius 3 is 2.11 bits per heavy atom. The van der Waals surface area contributed by atoms with Gasteiger partial charge in [0.2, 0.25) is 0 Å². The zero-order valence-corrected chi connectivity index (χ0v) is 15.6. The van der Waals surface area contributed by atoms with Crippen LogP contribution < -0.4 is 5.11 Å². The molecule has 2 aromatic rings. The van der Waals surface area contributed by atoms with Crippen molar-refractivity contribution in [1.82, 2.24) is 0 Å². The van der Waals surface area contributed by atoms with Gasteiger partial charge in [0.1, 0.15) is 5.82 Å². The number of halogens is 5. The summed E-state index contributed by atoms with van der Waals surface area (Å²) in [5, 5.41) is 17.7. The van der Waals surface area contributed by atoms with Crippen LogP contribution in [-0.2, 0) is 16.3 Å². The fourth-order valence-corrected chi connectivity index (χ4v) is 2.48. The van der Waals surface area contributed by atoms with E-state index >= 15 is 0 Å². The molecule has 5 nitrogen and oxygen atoms in total. The normalized spacial score (nSPS) is 11.8. The average Bonchev–Trinajstić information content (AvgIpc) is 2.52. The van der Waals surface area contributed by atoms with E-state index in [1.807, 2.05) is 0 Å². The number of alkyl halides is 3. The smallest absolute Gasteiger partial charge is 0.416 e. The van der Waals surface area contributed by atoms with Gasteiger partial charge in [0.15, 0.2) is 0 Å². The molecule has 0 amide bonds. The second-order valence-corrected chi connectivity index (χ2v) is 7.05. The van der Waals surface area contributed by atoms with Crippen LogP contribution in [0.3, 0.4) is 0 Å². The topological polar surface area (TPSA) is 101 Å². The lowest BCUT2D eigenvalue weighted by Gasteiger charge is -2.08. The van der Waals surface area contributed by atoms with E-state index in [0.29, 0.717) is 9.88 Å². The minimum atomic E-state index is -4.43. The summed E-state index contributed by atoms with van der Waals surface area (Å²) in [6.07, 6.45) is -3.43. The molecule has 2 aromatic carbocycles. The molecule has 0 atom stereocenters. The van der Waals surface area contributed by atoms with Gasteiger partial charge in [-0.3, -0.25) is 4.55 Å². The van der Waals surface area contributed by atoms with Crippen LogP contribution in [0.25, 0.3) is 6.08 Å². The van der Waals surface area contributed by atoms with Crippen LogP contribution >= 0.6 is 15.9 Å². The van der Waals surface area contributed by atoms with Crippen LogP contribution in [0.5, 0.6) is 0 Å². The van der Waals surface area contributed by atoms with Gasteiger partial charge < -0.3 is 10.5 Å². The van der Waals surface area contributed by atoms with Gasteiger partial charge in [-0.2, -0.15) is 21.6 Å². The molecule has 0 aliphatic carbocycles. The first kappa shape index (κ1) is 22.8. The molecule has 0 saturated carbocycles. The molecule has 27 heavy (non-hydrogen) atoms. The van der Waals surface area contributed by atoms with E-state index in [4.69, 9.17) is 9.96 Å². The van der Waals surface area contributed by atoms with Crippen LogP contribution in [0.2, 0.25) is 0 Å². The number of nitrogens with one attached hydrogen (secondary N) is 1. The average molecular weight is 469 g/mol. The van der Waals surface area contributed by atoms with Gasteiger partial charge in [0, 0.05) is 4.47 Å². The largest absolute Gasteiger partial charge is 0.859 e. The van der Waals surface area contributed by atoms with E-state index < -0.39 is 33.6 Å². The molecule has 0 saturated heterocycles. The summed E-state index contributed by atoms with van der Waals surface area (Å²) >= 11 is 2.97. The molecule has 0 radical (unpaired) electrons. The van der Waals surface area contributed by atoms with Crippen molar-refractivity contribution in [1.29, 1.82) is 5.41 Å². The second kappa shape index (κ2) is 9.11. The molecule has 0 aromatic heterocycles. The third-order valence-corrected chi connectivity index (χ3v) is 3.98. The highest BCUT2D eigenvalue weighted by Gasteiger charge is 2.29. The van der Waals surface area contributed by atoms with Crippen molar-refractivity contribution in [3.63, 3.8) is 0 Å². The predicted molar refractivity (Wildman–Crippen MR) is 93.0 cm³/mol. The summed E-state index contributed by atoms with van der Waals surface area (Å²) in [4.78, 5) is 0. The summed E-state index contributed by atoms with van der Waals surface area (Å²) in [6.45, 7) is 0. The molecule has 0 spiro atoms. The Labute approximate surface area is 160 Å². The molecule has 2 N–H and O–H groups in total. The Morgan fingerprint density at radius 2 is 1.70 bits per heavy atom. The maximum Gasteiger partial charge on any atom is 0.416 e. The van der Waals surface area contributed by atoms with Gasteiger partial charge in [-0.15, -0.1) is 0 Å². The molecular weight excluding hydrogens is 458 g/mol. The van der Waals surface area contributed by atoms with Gasteiger partial charge in [-0.05, 0) is 47.4 Å². The van der Waals surface area contributed by atoms with E-state index in [9.17, 15) is 31.1 Å². The fourth-order valence-electron chi connectivity index (χ4n) is 1.62. The molecule has 2 rings (SSSR count). The maximum atomic E-state index is 12.4. The molecule has 0 aliphatic rings. The van der Waals surface area contributed by atoms with Gasteiger partial charge in [-0.1, -0.05) is 34.1 Å². The fraction of sp³-hybridized carbons (Fsp3) is 0.0625. The first-order valence-corrected chi connectivity index (χ1v) is 9.13. The molecular formula is C16H11BrF4NO4S-. The summed E-state index contributed by atoms with van der Waals surface area (Å²) in [5.74, 6) is -1.25. The lowest BCUT2D eigenvalue weighted by atomic mass is 10.1. The Morgan fingerprint density at radius 1 is 1.15 bits per heavy atom. The summed E-state index contributed by atoms with van der Waals surface area (Å²) in [6, 6.07) is 7.42. The summed E-state index contributed by atoms with van der Waals surface area (Å²) < 4.78 is 78.2. The van der Waals surface area contributed by atoms with Gasteiger partial charge in [-0.25, -0.2) is 4.39 Å².